The molecule has 3 aromatic heterocycles. The maximum Gasteiger partial charge on any atom is 0.164 e. The highest BCUT2D eigenvalue weighted by Crippen LogP contribution is 2.54. The van der Waals surface area contributed by atoms with Crippen LogP contribution in [0.1, 0.15) is 25.0 Å². The summed E-state index contributed by atoms with van der Waals surface area (Å²) < 4.78 is 0. The molecule has 278 valence electrons. The van der Waals surface area contributed by atoms with E-state index >= 15 is 0 Å². The van der Waals surface area contributed by atoms with Gasteiger partial charge < -0.3 is 0 Å². The van der Waals surface area contributed by atoms with Crippen LogP contribution < -0.4 is 0 Å². The van der Waals surface area contributed by atoms with Crippen molar-refractivity contribution in [1.29, 1.82) is 0 Å². The maximum atomic E-state index is 4.96. The summed E-state index contributed by atoms with van der Waals surface area (Å²) in [7, 11) is 0. The van der Waals surface area contributed by atoms with Crippen molar-refractivity contribution in [3.8, 4) is 78.7 Å². The van der Waals surface area contributed by atoms with Gasteiger partial charge in [0.2, 0.25) is 0 Å². The maximum absolute atomic E-state index is 4.96. The second-order valence-corrected chi connectivity index (χ2v) is 15.7. The molecule has 0 bridgehead atoms. The molecule has 0 N–H and O–H groups in total. The van der Waals surface area contributed by atoms with Crippen LogP contribution in [0.25, 0.3) is 100 Å². The van der Waals surface area contributed by atoms with Gasteiger partial charge in [0, 0.05) is 46.9 Å². The predicted molar refractivity (Wildman–Crippen MR) is 241 cm³/mol. The Hall–Kier alpha value is -7.63. The zero-order valence-electron chi connectivity index (χ0n) is 32.6. The van der Waals surface area contributed by atoms with E-state index in [1.54, 1.807) is 24.8 Å². The van der Waals surface area contributed by atoms with E-state index < -0.39 is 0 Å². The first kappa shape index (κ1) is 34.6. The Bertz CT molecular complexity index is 3150. The third-order valence-corrected chi connectivity index (χ3v) is 12.0. The molecule has 10 aromatic rings. The van der Waals surface area contributed by atoms with Gasteiger partial charge in [-0.15, -0.1) is 0 Å². The van der Waals surface area contributed by atoms with Gasteiger partial charge in [0.25, 0.3) is 0 Å². The molecule has 1 aliphatic rings. The highest BCUT2D eigenvalue weighted by Gasteiger charge is 2.37. The fourth-order valence-electron chi connectivity index (χ4n) is 9.01. The first-order valence-corrected chi connectivity index (χ1v) is 20.0. The van der Waals surface area contributed by atoms with E-state index in [9.17, 15) is 0 Å². The first-order chi connectivity index (χ1) is 29.0. The largest absolute Gasteiger partial charge is 0.265 e. The quantitative estimate of drug-likeness (QED) is 0.158. The van der Waals surface area contributed by atoms with Crippen molar-refractivity contribution in [3.63, 3.8) is 0 Å². The predicted octanol–water partition coefficient (Wildman–Crippen LogP) is 13.3. The fourth-order valence-corrected chi connectivity index (χ4v) is 9.01. The molecule has 0 unspecified atom stereocenters. The molecule has 11 rings (SSSR count). The van der Waals surface area contributed by atoms with E-state index in [2.05, 4.69) is 163 Å². The van der Waals surface area contributed by atoms with E-state index in [1.807, 2.05) is 24.3 Å². The van der Waals surface area contributed by atoms with Crippen LogP contribution in [0.4, 0.5) is 0 Å². The number of rotatable bonds is 6. The Morgan fingerprint density at radius 1 is 0.339 bits per heavy atom. The minimum absolute atomic E-state index is 0.134. The smallest absolute Gasteiger partial charge is 0.164 e. The number of nitrogens with zero attached hydrogens (tertiary/aromatic N) is 5. The molecule has 1 aliphatic carbocycles. The van der Waals surface area contributed by atoms with Gasteiger partial charge in [-0.1, -0.05) is 147 Å². The number of hydrogen-bond donors (Lipinski definition) is 0. The number of hydrogen-bond acceptors (Lipinski definition) is 5. The Kier molecular flexibility index (Phi) is 8.09. The summed E-state index contributed by atoms with van der Waals surface area (Å²) in [5, 5.41) is 5.05. The van der Waals surface area contributed by atoms with Crippen molar-refractivity contribution < 1.29 is 0 Å². The molecule has 0 saturated heterocycles. The summed E-state index contributed by atoms with van der Waals surface area (Å²) in [5.41, 5.74) is 15.0. The Morgan fingerprint density at radius 2 is 0.831 bits per heavy atom. The molecule has 0 saturated carbocycles. The van der Waals surface area contributed by atoms with Gasteiger partial charge in [-0.3, -0.25) is 9.97 Å². The Balaban J connectivity index is 1.05. The van der Waals surface area contributed by atoms with Crippen LogP contribution in [0.3, 0.4) is 0 Å². The zero-order valence-corrected chi connectivity index (χ0v) is 32.6. The topological polar surface area (TPSA) is 64.5 Å². The van der Waals surface area contributed by atoms with E-state index in [1.165, 1.54) is 71.6 Å². The van der Waals surface area contributed by atoms with Crippen molar-refractivity contribution in [2.45, 2.75) is 19.3 Å². The fraction of sp³-hybridized carbons (Fsp3) is 0.0556. The standard InChI is InChI=1S/C54H37N5/c1-54(2)47-14-8-7-13-45(47)50-48(54)24-23-42(49(50)36-19-15-35(16-20-36)46-33-40-9-3-4-10-41(40)43-11-5-6-12-44(43)46)34-17-21-37(22-18-34)51-57-52(38-25-29-55-30-26-38)59-53(58-51)39-27-31-56-32-28-39/h3-33H,1-2H3. The Labute approximate surface area is 342 Å². The van der Waals surface area contributed by atoms with Crippen LogP contribution in [0, 0.1) is 0 Å². The second kappa shape index (κ2) is 13.8. The van der Waals surface area contributed by atoms with Gasteiger partial charge in [0.15, 0.2) is 17.5 Å². The molecule has 0 aliphatic heterocycles. The van der Waals surface area contributed by atoms with Crippen molar-refractivity contribution in [2.75, 3.05) is 0 Å². The Morgan fingerprint density at radius 3 is 1.47 bits per heavy atom. The molecule has 5 heteroatoms. The van der Waals surface area contributed by atoms with E-state index in [-0.39, 0.29) is 5.41 Å². The SMILES string of the molecule is CC1(C)c2ccccc2-c2c1ccc(-c1ccc(-c3nc(-c4ccncc4)nc(-c4ccncc4)n3)cc1)c2-c1ccc(-c2cc3ccccc3c3ccccc23)cc1. The highest BCUT2D eigenvalue weighted by atomic mass is 15.0. The van der Waals surface area contributed by atoms with Crippen LogP contribution in [-0.2, 0) is 5.41 Å². The number of aromatic nitrogens is 5. The van der Waals surface area contributed by atoms with Crippen molar-refractivity contribution in [1.82, 2.24) is 24.9 Å². The van der Waals surface area contributed by atoms with Crippen LogP contribution >= 0.6 is 0 Å². The van der Waals surface area contributed by atoms with Gasteiger partial charge >= 0.3 is 0 Å². The lowest BCUT2D eigenvalue weighted by molar-refractivity contribution is 0.660. The molecule has 0 radical (unpaired) electrons. The summed E-state index contributed by atoms with van der Waals surface area (Å²) >= 11 is 0. The third-order valence-electron chi connectivity index (χ3n) is 12.0. The van der Waals surface area contributed by atoms with E-state index in [0.29, 0.717) is 17.5 Å². The highest BCUT2D eigenvalue weighted by molar-refractivity contribution is 6.14. The monoisotopic (exact) mass is 755 g/mol. The average molecular weight is 756 g/mol. The van der Waals surface area contributed by atoms with E-state index in [0.717, 1.165) is 22.3 Å². The molecule has 0 spiro atoms. The van der Waals surface area contributed by atoms with Crippen molar-refractivity contribution in [2.24, 2.45) is 0 Å². The summed E-state index contributed by atoms with van der Waals surface area (Å²) in [6, 6.07) is 58.9. The molecule has 59 heavy (non-hydrogen) atoms. The van der Waals surface area contributed by atoms with Crippen LogP contribution in [0.15, 0.2) is 189 Å². The van der Waals surface area contributed by atoms with Crippen molar-refractivity contribution >= 4 is 21.5 Å². The molecule has 0 amide bonds. The molecule has 7 aromatic carbocycles. The minimum atomic E-state index is -0.134. The molecular formula is C54H37N5. The first-order valence-electron chi connectivity index (χ1n) is 20.0. The minimum Gasteiger partial charge on any atom is -0.265 e. The van der Waals surface area contributed by atoms with Crippen LogP contribution in [0.2, 0.25) is 0 Å². The molecular weight excluding hydrogens is 719 g/mol. The second-order valence-electron chi connectivity index (χ2n) is 15.7. The molecule has 0 fully saturated rings. The van der Waals surface area contributed by atoms with Gasteiger partial charge in [-0.05, 0) is 108 Å². The molecule has 5 nitrogen and oxygen atoms in total. The molecule has 3 heterocycles. The molecule has 0 atom stereocenters. The van der Waals surface area contributed by atoms with Gasteiger partial charge in [-0.2, -0.15) is 0 Å². The number of benzene rings is 7. The lowest BCUT2D eigenvalue weighted by Gasteiger charge is -2.23. The van der Waals surface area contributed by atoms with Gasteiger partial charge in [-0.25, -0.2) is 15.0 Å². The summed E-state index contributed by atoms with van der Waals surface area (Å²) in [6.45, 7) is 4.69. The van der Waals surface area contributed by atoms with Crippen LogP contribution in [-0.4, -0.2) is 24.9 Å². The number of pyridine rings is 2. The van der Waals surface area contributed by atoms with Gasteiger partial charge in [0.05, 0.1) is 0 Å². The lowest BCUT2D eigenvalue weighted by atomic mass is 9.80. The lowest BCUT2D eigenvalue weighted by Crippen LogP contribution is -2.14. The summed E-state index contributed by atoms with van der Waals surface area (Å²) in [5.74, 6) is 1.79. The summed E-state index contributed by atoms with van der Waals surface area (Å²) in [6.07, 6.45) is 7.03. The normalized spacial score (nSPS) is 12.7. The van der Waals surface area contributed by atoms with Crippen LogP contribution in [0.5, 0.6) is 0 Å². The number of fused-ring (bicyclic) bond motifs is 6. The zero-order chi connectivity index (χ0) is 39.5. The third kappa shape index (κ3) is 5.81. The van der Waals surface area contributed by atoms with Gasteiger partial charge in [0.1, 0.15) is 0 Å². The van der Waals surface area contributed by atoms with E-state index in [4.69, 9.17) is 15.0 Å². The average Bonchev–Trinajstić information content (AvgIpc) is 3.54. The summed E-state index contributed by atoms with van der Waals surface area (Å²) in [4.78, 5) is 23.2. The van der Waals surface area contributed by atoms with Crippen molar-refractivity contribution in [3.05, 3.63) is 200 Å².